The van der Waals surface area contributed by atoms with Crippen LogP contribution >= 0.6 is 11.6 Å². The summed E-state index contributed by atoms with van der Waals surface area (Å²) in [6.07, 6.45) is 1.19. The first-order valence-electron chi connectivity index (χ1n) is 8.04. The van der Waals surface area contributed by atoms with Crippen molar-refractivity contribution in [3.05, 3.63) is 75.5 Å². The number of aromatic amines is 1. The number of amides is 1. The number of nitrogens with one attached hydrogen (secondary N) is 3. The number of sulfonamides is 1. The number of benzene rings is 2. The van der Waals surface area contributed by atoms with Crippen molar-refractivity contribution in [2.75, 3.05) is 6.54 Å². The number of carbonyl (C=O) groups is 1. The number of hydrogen-bond acceptors (Lipinski definition) is 5. The number of halogens is 1. The molecule has 1 amide bonds. The van der Waals surface area contributed by atoms with E-state index in [-0.39, 0.29) is 16.0 Å². The maximum Gasteiger partial charge on any atom is 0.257 e. The van der Waals surface area contributed by atoms with Crippen LogP contribution in [-0.2, 0) is 14.8 Å². The van der Waals surface area contributed by atoms with Crippen LogP contribution in [0.3, 0.4) is 0 Å². The molecule has 3 aromatic rings. The largest absolute Gasteiger partial charge is 0.321 e. The second kappa shape index (κ2) is 8.34. The molecule has 3 N–H and O–H groups in total. The van der Waals surface area contributed by atoms with E-state index in [1.807, 2.05) is 12.1 Å². The molecule has 0 unspecified atom stereocenters. The number of rotatable bonds is 6. The van der Waals surface area contributed by atoms with E-state index >= 15 is 0 Å². The van der Waals surface area contributed by atoms with Gasteiger partial charge < -0.3 is 4.98 Å². The zero-order valence-corrected chi connectivity index (χ0v) is 15.9. The van der Waals surface area contributed by atoms with Crippen LogP contribution in [0.25, 0.3) is 10.9 Å². The average molecular weight is 419 g/mol. The summed E-state index contributed by atoms with van der Waals surface area (Å²) in [4.78, 5) is 26.5. The van der Waals surface area contributed by atoms with Gasteiger partial charge in [-0.3, -0.25) is 9.59 Å². The Labute approximate surface area is 165 Å². The molecular formula is C18H15ClN4O4S. The van der Waals surface area contributed by atoms with Crippen LogP contribution in [-0.4, -0.2) is 32.1 Å². The molecule has 1 heterocycles. The van der Waals surface area contributed by atoms with Gasteiger partial charge in [-0.25, -0.2) is 18.6 Å². The average Bonchev–Trinajstić information content (AvgIpc) is 2.67. The zero-order chi connectivity index (χ0) is 20.1. The van der Waals surface area contributed by atoms with E-state index in [9.17, 15) is 18.0 Å². The lowest BCUT2D eigenvalue weighted by Crippen LogP contribution is -2.35. The fraction of sp³-hybridized carbons (Fsp3) is 0.0556. The quantitative estimate of drug-likeness (QED) is 0.416. The number of H-pyrrole nitrogens is 1. The van der Waals surface area contributed by atoms with E-state index in [1.165, 1.54) is 30.5 Å². The van der Waals surface area contributed by atoms with Crippen molar-refractivity contribution < 1.29 is 13.2 Å². The lowest BCUT2D eigenvalue weighted by atomic mass is 10.2. The van der Waals surface area contributed by atoms with Crippen LogP contribution in [0.4, 0.5) is 0 Å². The maximum absolute atomic E-state index is 12.1. The van der Waals surface area contributed by atoms with Crippen molar-refractivity contribution in [2.45, 2.75) is 4.90 Å². The molecule has 0 fully saturated rings. The summed E-state index contributed by atoms with van der Waals surface area (Å²) in [6, 6.07) is 14.4. The summed E-state index contributed by atoms with van der Waals surface area (Å²) in [5.74, 6) is -0.689. The standard InChI is InChI=1S/C18H15ClN4O4S/c19-14-5-7-15(8-6-14)28(26,27)21-11-17(24)23-20-10-13-9-12-3-1-2-4-16(12)22-18(13)25/h1-10,21H,11H2,(H,22,25)(H,23,24). The van der Waals surface area contributed by atoms with Gasteiger partial charge in [0, 0.05) is 10.5 Å². The number of fused-ring (bicyclic) bond motifs is 1. The third-order valence-corrected chi connectivity index (χ3v) is 5.39. The molecule has 0 aliphatic carbocycles. The Kier molecular flexibility index (Phi) is 5.88. The minimum atomic E-state index is -3.86. The lowest BCUT2D eigenvalue weighted by Gasteiger charge is -2.06. The number of carbonyl (C=O) groups excluding carboxylic acids is 1. The molecule has 28 heavy (non-hydrogen) atoms. The SMILES string of the molecule is O=C(CNS(=O)(=O)c1ccc(Cl)cc1)NN=Cc1cc2ccccc2[nH]c1=O. The third kappa shape index (κ3) is 4.83. The number of hydrazone groups is 1. The van der Waals surface area contributed by atoms with Gasteiger partial charge in [0.25, 0.3) is 11.5 Å². The Morgan fingerprint density at radius 2 is 1.86 bits per heavy atom. The number of aromatic nitrogens is 1. The summed E-state index contributed by atoms with van der Waals surface area (Å²) in [7, 11) is -3.86. The molecule has 10 heteroatoms. The van der Waals surface area contributed by atoms with Crippen molar-refractivity contribution >= 4 is 44.6 Å². The highest BCUT2D eigenvalue weighted by atomic mass is 35.5. The lowest BCUT2D eigenvalue weighted by molar-refractivity contribution is -0.119. The summed E-state index contributed by atoms with van der Waals surface area (Å²) >= 11 is 5.72. The van der Waals surface area contributed by atoms with E-state index in [0.717, 1.165) is 5.39 Å². The first kappa shape index (κ1) is 19.7. The number of para-hydroxylation sites is 1. The van der Waals surface area contributed by atoms with Gasteiger partial charge in [-0.1, -0.05) is 29.8 Å². The molecule has 0 saturated carbocycles. The number of pyridine rings is 1. The molecule has 0 radical (unpaired) electrons. The highest BCUT2D eigenvalue weighted by molar-refractivity contribution is 7.89. The minimum Gasteiger partial charge on any atom is -0.321 e. The molecule has 0 aliphatic rings. The molecule has 8 nitrogen and oxygen atoms in total. The molecule has 144 valence electrons. The van der Waals surface area contributed by atoms with Gasteiger partial charge in [0.15, 0.2) is 0 Å². The van der Waals surface area contributed by atoms with Gasteiger partial charge in [0.1, 0.15) is 0 Å². The van der Waals surface area contributed by atoms with Crippen LogP contribution in [0.15, 0.2) is 69.4 Å². The second-order valence-corrected chi connectivity index (χ2v) is 7.92. The fourth-order valence-corrected chi connectivity index (χ4v) is 3.44. The first-order valence-corrected chi connectivity index (χ1v) is 9.90. The maximum atomic E-state index is 12.1. The van der Waals surface area contributed by atoms with Crippen LogP contribution in [0.5, 0.6) is 0 Å². The van der Waals surface area contributed by atoms with E-state index in [2.05, 4.69) is 20.2 Å². The minimum absolute atomic E-state index is 0.0177. The van der Waals surface area contributed by atoms with E-state index in [4.69, 9.17) is 11.6 Å². The highest BCUT2D eigenvalue weighted by Gasteiger charge is 2.15. The molecule has 1 aromatic heterocycles. The Hall–Kier alpha value is -3.01. The Morgan fingerprint density at radius 1 is 1.14 bits per heavy atom. The van der Waals surface area contributed by atoms with E-state index < -0.39 is 22.5 Å². The monoisotopic (exact) mass is 418 g/mol. The van der Waals surface area contributed by atoms with Crippen LogP contribution < -0.4 is 15.7 Å². The molecule has 2 aromatic carbocycles. The molecule has 0 atom stereocenters. The van der Waals surface area contributed by atoms with Crippen molar-refractivity contribution in [1.82, 2.24) is 15.1 Å². The second-order valence-electron chi connectivity index (χ2n) is 5.71. The van der Waals surface area contributed by atoms with Crippen LogP contribution in [0, 0.1) is 0 Å². The summed E-state index contributed by atoms with van der Waals surface area (Å²) in [5.41, 5.74) is 2.74. The van der Waals surface area contributed by atoms with Crippen LogP contribution in [0.1, 0.15) is 5.56 Å². The predicted octanol–water partition coefficient (Wildman–Crippen LogP) is 1.61. The summed E-state index contributed by atoms with van der Waals surface area (Å²) in [6.45, 7) is -0.517. The van der Waals surface area contributed by atoms with Gasteiger partial charge in [0.2, 0.25) is 10.0 Å². The Bertz CT molecular complexity index is 1200. The highest BCUT2D eigenvalue weighted by Crippen LogP contribution is 2.13. The van der Waals surface area contributed by atoms with Gasteiger partial charge in [-0.05, 0) is 41.8 Å². The molecule has 0 aliphatic heterocycles. The third-order valence-electron chi connectivity index (χ3n) is 3.72. The predicted molar refractivity (Wildman–Crippen MR) is 107 cm³/mol. The first-order chi connectivity index (χ1) is 13.3. The van der Waals surface area contributed by atoms with Crippen molar-refractivity contribution in [3.8, 4) is 0 Å². The number of nitrogens with zero attached hydrogens (tertiary/aromatic N) is 1. The zero-order valence-electron chi connectivity index (χ0n) is 14.3. The normalized spacial score (nSPS) is 11.8. The van der Waals surface area contributed by atoms with Gasteiger partial charge in [-0.15, -0.1) is 0 Å². The van der Waals surface area contributed by atoms with Gasteiger partial charge >= 0.3 is 0 Å². The van der Waals surface area contributed by atoms with E-state index in [1.54, 1.807) is 18.2 Å². The van der Waals surface area contributed by atoms with E-state index in [0.29, 0.717) is 10.5 Å². The van der Waals surface area contributed by atoms with Crippen molar-refractivity contribution in [1.29, 1.82) is 0 Å². The summed E-state index contributed by atoms with van der Waals surface area (Å²) < 4.78 is 26.3. The van der Waals surface area contributed by atoms with Crippen molar-refractivity contribution in [2.24, 2.45) is 5.10 Å². The fourth-order valence-electron chi connectivity index (χ4n) is 2.33. The van der Waals surface area contributed by atoms with Crippen molar-refractivity contribution in [3.63, 3.8) is 0 Å². The molecular weight excluding hydrogens is 404 g/mol. The smallest absolute Gasteiger partial charge is 0.257 e. The van der Waals surface area contributed by atoms with Crippen LogP contribution in [0.2, 0.25) is 5.02 Å². The topological polar surface area (TPSA) is 120 Å². The Balaban J connectivity index is 1.60. The summed E-state index contributed by atoms with van der Waals surface area (Å²) in [5, 5.41) is 4.91. The molecule has 0 spiro atoms. The number of hydrogen-bond donors (Lipinski definition) is 3. The molecule has 0 bridgehead atoms. The molecule has 3 rings (SSSR count). The Morgan fingerprint density at radius 3 is 2.61 bits per heavy atom. The molecule has 0 saturated heterocycles. The van der Waals surface area contributed by atoms with Gasteiger partial charge in [-0.2, -0.15) is 5.10 Å². The van der Waals surface area contributed by atoms with Gasteiger partial charge in [0.05, 0.1) is 23.2 Å².